The number of piperazine rings is 1. The molecule has 1 fully saturated rings. The minimum absolute atomic E-state index is 0.0338. The van der Waals surface area contributed by atoms with Gasteiger partial charge < -0.3 is 15.3 Å². The molecule has 0 spiro atoms. The molecule has 2 N–H and O–H groups in total. The zero-order chi connectivity index (χ0) is 27.5. The van der Waals surface area contributed by atoms with E-state index >= 15 is 0 Å². The number of nitrogens with zero attached hydrogens (tertiary/aromatic N) is 6. The predicted octanol–water partition coefficient (Wildman–Crippen LogP) is 4.48. The van der Waals surface area contributed by atoms with Crippen molar-refractivity contribution in [3.63, 3.8) is 0 Å². The van der Waals surface area contributed by atoms with Gasteiger partial charge in [-0.15, -0.1) is 0 Å². The van der Waals surface area contributed by atoms with Crippen molar-refractivity contribution in [2.45, 2.75) is 13.5 Å². The van der Waals surface area contributed by atoms with E-state index in [1.54, 1.807) is 12.4 Å². The summed E-state index contributed by atoms with van der Waals surface area (Å²) in [7, 11) is 0. The average molecular weight is 546 g/mol. The normalized spacial score (nSPS) is 13.8. The van der Waals surface area contributed by atoms with Crippen molar-refractivity contribution in [3.8, 4) is 17.2 Å². The maximum Gasteiger partial charge on any atom is 0.317 e. The Kier molecular flexibility index (Phi) is 7.54. The zero-order valence-electron chi connectivity index (χ0n) is 21.2. The topological polar surface area (TPSA) is 118 Å². The lowest BCUT2D eigenvalue weighted by molar-refractivity contribution is -0.138. The molecule has 9 nitrogen and oxygen atoms in total. The van der Waals surface area contributed by atoms with Gasteiger partial charge in [0.05, 0.1) is 40.1 Å². The van der Waals surface area contributed by atoms with E-state index in [2.05, 4.69) is 20.3 Å². The minimum Gasteiger partial charge on any atom is -0.480 e. The Hall–Kier alpha value is -4.33. The molecule has 198 valence electrons. The summed E-state index contributed by atoms with van der Waals surface area (Å²) in [6.07, 6.45) is 3.51. The molecule has 2 aromatic carbocycles. The van der Waals surface area contributed by atoms with Gasteiger partial charge in [-0.3, -0.25) is 14.7 Å². The summed E-state index contributed by atoms with van der Waals surface area (Å²) >= 11 is 6.64. The number of rotatable bonds is 7. The molecule has 0 aliphatic carbocycles. The number of hydrogen-bond donors (Lipinski definition) is 2. The van der Waals surface area contributed by atoms with Gasteiger partial charge >= 0.3 is 5.97 Å². The number of fused-ring (bicyclic) bond motifs is 1. The third-order valence-electron chi connectivity index (χ3n) is 6.71. The summed E-state index contributed by atoms with van der Waals surface area (Å²) < 4.78 is 14.4. The van der Waals surface area contributed by atoms with E-state index in [0.29, 0.717) is 59.7 Å². The first-order chi connectivity index (χ1) is 18.8. The van der Waals surface area contributed by atoms with Crippen LogP contribution in [-0.2, 0) is 11.3 Å². The lowest BCUT2D eigenvalue weighted by atomic mass is 10.0. The van der Waals surface area contributed by atoms with Crippen LogP contribution in [0.15, 0.2) is 48.8 Å². The molecule has 5 rings (SSSR count). The highest BCUT2D eigenvalue weighted by molar-refractivity contribution is 6.35. The number of hydrogen-bond acceptors (Lipinski definition) is 8. The van der Waals surface area contributed by atoms with E-state index in [1.807, 2.05) is 41.0 Å². The quantitative estimate of drug-likeness (QED) is 0.346. The molecule has 1 aliphatic rings. The fourth-order valence-electron chi connectivity index (χ4n) is 4.61. The number of pyridine rings is 1. The molecule has 1 saturated heterocycles. The van der Waals surface area contributed by atoms with Crippen LogP contribution in [0, 0.1) is 24.1 Å². The first-order valence-electron chi connectivity index (χ1n) is 12.4. The van der Waals surface area contributed by atoms with E-state index in [-0.39, 0.29) is 13.1 Å². The molecule has 0 bridgehead atoms. The van der Waals surface area contributed by atoms with Crippen LogP contribution in [0.5, 0.6) is 0 Å². The number of aromatic nitrogens is 3. The fraction of sp³-hybridized carbons (Fsp3) is 0.250. The van der Waals surface area contributed by atoms with Crippen LogP contribution >= 0.6 is 11.6 Å². The summed E-state index contributed by atoms with van der Waals surface area (Å²) in [5, 5.41) is 22.6. The van der Waals surface area contributed by atoms with Crippen LogP contribution in [0.3, 0.4) is 0 Å². The molecule has 3 heterocycles. The van der Waals surface area contributed by atoms with E-state index in [9.17, 15) is 14.4 Å². The van der Waals surface area contributed by atoms with Crippen molar-refractivity contribution in [1.82, 2.24) is 19.9 Å². The Morgan fingerprint density at radius 2 is 1.87 bits per heavy atom. The van der Waals surface area contributed by atoms with Crippen LogP contribution < -0.4 is 10.2 Å². The fourth-order valence-corrected chi connectivity index (χ4v) is 4.82. The number of aryl methyl sites for hydroxylation is 1. The van der Waals surface area contributed by atoms with Crippen molar-refractivity contribution in [2.24, 2.45) is 0 Å². The van der Waals surface area contributed by atoms with Gasteiger partial charge in [0.15, 0.2) is 0 Å². The summed E-state index contributed by atoms with van der Waals surface area (Å²) in [6, 6.07) is 12.0. The number of halogens is 2. The second kappa shape index (κ2) is 11.2. The summed E-state index contributed by atoms with van der Waals surface area (Å²) in [5.41, 5.74) is 4.40. The zero-order valence-corrected chi connectivity index (χ0v) is 21.9. The highest BCUT2D eigenvalue weighted by atomic mass is 35.5. The van der Waals surface area contributed by atoms with Gasteiger partial charge in [-0.25, -0.2) is 14.4 Å². The molecule has 0 amide bonds. The van der Waals surface area contributed by atoms with Crippen LogP contribution in [0.25, 0.3) is 22.0 Å². The molecular formula is C28H25ClFN7O2. The number of anilines is 2. The Labute approximate surface area is 229 Å². The molecule has 0 radical (unpaired) electrons. The first-order valence-corrected chi connectivity index (χ1v) is 12.7. The molecule has 11 heteroatoms. The minimum atomic E-state index is -0.829. The van der Waals surface area contributed by atoms with Gasteiger partial charge in [-0.1, -0.05) is 17.7 Å². The molecule has 4 aromatic rings. The van der Waals surface area contributed by atoms with Crippen molar-refractivity contribution in [3.05, 3.63) is 76.5 Å². The average Bonchev–Trinajstić information content (AvgIpc) is 2.94. The molecule has 0 atom stereocenters. The molecule has 1 aliphatic heterocycles. The molecular weight excluding hydrogens is 521 g/mol. The highest BCUT2D eigenvalue weighted by Gasteiger charge is 2.20. The monoisotopic (exact) mass is 545 g/mol. The third-order valence-corrected chi connectivity index (χ3v) is 7.17. The maximum absolute atomic E-state index is 14.4. The van der Waals surface area contributed by atoms with Gasteiger partial charge in [-0.05, 0) is 42.8 Å². The first kappa shape index (κ1) is 26.3. The van der Waals surface area contributed by atoms with Crippen LogP contribution in [-0.4, -0.2) is 63.7 Å². The summed E-state index contributed by atoms with van der Waals surface area (Å²) in [4.78, 5) is 28.6. The maximum atomic E-state index is 14.4. The number of carboxylic acid groups (broad SMARTS) is 1. The number of nitriles is 1. The van der Waals surface area contributed by atoms with Gasteiger partial charge in [0.25, 0.3) is 0 Å². The van der Waals surface area contributed by atoms with E-state index in [0.717, 1.165) is 22.0 Å². The van der Waals surface area contributed by atoms with Crippen LogP contribution in [0.2, 0.25) is 5.02 Å². The van der Waals surface area contributed by atoms with E-state index in [1.165, 1.54) is 18.2 Å². The Bertz CT molecular complexity index is 1580. The standard InChI is InChI=1S/C28H25ClFN7O2/c1-17-26(29)27(32-13-20-10-18(12-31)2-4-23(20)30)22-11-19(3-5-24(22)35-17)21-14-33-28(34-15-21)37-8-6-36(7-9-37)16-25(38)39/h2-5,10-11,14-15H,6-9,13,16H2,1H3,(H,32,35)(H,38,39). The Balaban J connectivity index is 1.39. The van der Waals surface area contributed by atoms with Gasteiger partial charge in [-0.2, -0.15) is 5.26 Å². The Morgan fingerprint density at radius 1 is 1.13 bits per heavy atom. The number of aliphatic carboxylic acids is 1. The second-order valence-corrected chi connectivity index (χ2v) is 9.70. The van der Waals surface area contributed by atoms with Gasteiger partial charge in [0, 0.05) is 61.6 Å². The molecule has 0 saturated carbocycles. The number of benzene rings is 2. The van der Waals surface area contributed by atoms with E-state index < -0.39 is 11.8 Å². The number of carboxylic acids is 1. The lowest BCUT2D eigenvalue weighted by Gasteiger charge is -2.33. The highest BCUT2D eigenvalue weighted by Crippen LogP contribution is 2.35. The van der Waals surface area contributed by atoms with Gasteiger partial charge in [0.1, 0.15) is 5.82 Å². The SMILES string of the molecule is Cc1nc2ccc(-c3cnc(N4CCN(CC(=O)O)CC4)nc3)cc2c(NCc2cc(C#N)ccc2F)c1Cl. The predicted molar refractivity (Wildman–Crippen MR) is 147 cm³/mol. The van der Waals surface area contributed by atoms with Crippen LogP contribution in [0.4, 0.5) is 16.0 Å². The van der Waals surface area contributed by atoms with Crippen LogP contribution in [0.1, 0.15) is 16.8 Å². The van der Waals surface area contributed by atoms with Crippen molar-refractivity contribution in [2.75, 3.05) is 42.9 Å². The molecule has 39 heavy (non-hydrogen) atoms. The number of nitrogens with one attached hydrogen (secondary N) is 1. The van der Waals surface area contributed by atoms with Gasteiger partial charge in [0.2, 0.25) is 5.95 Å². The third kappa shape index (κ3) is 5.74. The number of carbonyl (C=O) groups is 1. The Morgan fingerprint density at radius 3 is 2.56 bits per heavy atom. The molecule has 2 aromatic heterocycles. The second-order valence-electron chi connectivity index (χ2n) is 9.32. The van der Waals surface area contributed by atoms with E-state index in [4.69, 9.17) is 16.7 Å². The van der Waals surface area contributed by atoms with Crippen molar-refractivity contribution >= 4 is 40.1 Å². The summed E-state index contributed by atoms with van der Waals surface area (Å²) in [6.45, 7) is 4.56. The van der Waals surface area contributed by atoms with Crippen molar-refractivity contribution < 1.29 is 14.3 Å². The lowest BCUT2D eigenvalue weighted by Crippen LogP contribution is -2.48. The largest absolute Gasteiger partial charge is 0.480 e. The van der Waals surface area contributed by atoms with Crippen molar-refractivity contribution in [1.29, 1.82) is 5.26 Å². The molecule has 0 unspecified atom stereocenters. The smallest absolute Gasteiger partial charge is 0.317 e. The summed E-state index contributed by atoms with van der Waals surface area (Å²) in [5.74, 6) is -0.641.